The third-order valence-corrected chi connectivity index (χ3v) is 2.26. The summed E-state index contributed by atoms with van der Waals surface area (Å²) < 4.78 is 5.68. The van der Waals surface area contributed by atoms with Crippen molar-refractivity contribution in [2.75, 3.05) is 27.7 Å². The summed E-state index contributed by atoms with van der Waals surface area (Å²) in [5.74, 6) is 0.210. The van der Waals surface area contributed by atoms with Crippen molar-refractivity contribution in [3.05, 3.63) is 6.08 Å². The summed E-state index contributed by atoms with van der Waals surface area (Å²) in [6.45, 7) is 0.437. The van der Waals surface area contributed by atoms with Crippen molar-refractivity contribution in [2.24, 2.45) is 0 Å². The Morgan fingerprint density at radius 3 is 2.47 bits per heavy atom. The minimum atomic E-state index is -0.991. The van der Waals surface area contributed by atoms with Crippen LogP contribution in [0, 0.1) is 0 Å². The van der Waals surface area contributed by atoms with Gasteiger partial charge >= 0.3 is 11.9 Å². The molecular formula is C13H22NO5+. The first-order valence-electron chi connectivity index (χ1n) is 6.15. The van der Waals surface area contributed by atoms with Crippen LogP contribution in [0.4, 0.5) is 0 Å². The number of quaternary nitrogens is 1. The van der Waals surface area contributed by atoms with Crippen LogP contribution in [-0.2, 0) is 19.1 Å². The summed E-state index contributed by atoms with van der Waals surface area (Å²) in [5.41, 5.74) is 0. The summed E-state index contributed by atoms with van der Waals surface area (Å²) in [6, 6.07) is 0. The van der Waals surface area contributed by atoms with Crippen LogP contribution in [0.25, 0.3) is 0 Å². The summed E-state index contributed by atoms with van der Waals surface area (Å²) in [6.07, 6.45) is 1.62. The van der Waals surface area contributed by atoms with E-state index in [-0.39, 0.29) is 12.8 Å². The van der Waals surface area contributed by atoms with E-state index in [4.69, 9.17) is 9.84 Å². The number of esters is 1. The van der Waals surface area contributed by atoms with Gasteiger partial charge in [0.05, 0.1) is 27.6 Å². The van der Waals surface area contributed by atoms with E-state index in [1.54, 1.807) is 5.94 Å². The molecule has 0 aliphatic rings. The molecular weight excluding hydrogens is 250 g/mol. The SMILES string of the molecule is C[N+](C)(C)C[C@@H](CC(=O)O)OC(=O)CCCC=C=O. The molecule has 0 aliphatic carbocycles. The molecule has 0 aromatic carbocycles. The van der Waals surface area contributed by atoms with E-state index in [1.807, 2.05) is 21.1 Å². The molecule has 0 rings (SSSR count). The predicted molar refractivity (Wildman–Crippen MR) is 69.1 cm³/mol. The second kappa shape index (κ2) is 8.45. The predicted octanol–water partition coefficient (Wildman–Crippen LogP) is 0.637. The van der Waals surface area contributed by atoms with Gasteiger partial charge in [0.15, 0.2) is 6.10 Å². The highest BCUT2D eigenvalue weighted by atomic mass is 16.5. The number of carbonyl (C=O) groups is 2. The topological polar surface area (TPSA) is 80.7 Å². The number of carboxylic acids is 1. The molecule has 0 radical (unpaired) electrons. The van der Waals surface area contributed by atoms with Gasteiger partial charge in [-0.05, 0) is 18.9 Å². The van der Waals surface area contributed by atoms with Crippen LogP contribution in [0.15, 0.2) is 6.08 Å². The fourth-order valence-corrected chi connectivity index (χ4v) is 1.60. The monoisotopic (exact) mass is 272 g/mol. The molecule has 0 saturated heterocycles. The number of aliphatic carboxylic acids is 1. The number of nitrogens with zero attached hydrogens (tertiary/aromatic N) is 1. The second-order valence-electron chi connectivity index (χ2n) is 5.40. The third-order valence-electron chi connectivity index (χ3n) is 2.26. The summed E-state index contributed by atoms with van der Waals surface area (Å²) in [7, 11) is 5.70. The average molecular weight is 272 g/mol. The van der Waals surface area contributed by atoms with Crippen LogP contribution >= 0.6 is 0 Å². The first-order chi connectivity index (χ1) is 8.74. The Balaban J connectivity index is 4.26. The summed E-state index contributed by atoms with van der Waals surface area (Å²) in [5, 5.41) is 8.79. The number of hydrogen-bond donors (Lipinski definition) is 1. The number of unbranched alkanes of at least 4 members (excludes halogenated alkanes) is 1. The Labute approximate surface area is 113 Å². The zero-order valence-electron chi connectivity index (χ0n) is 11.7. The Morgan fingerprint density at radius 2 is 2.00 bits per heavy atom. The number of carbonyl (C=O) groups excluding carboxylic acids is 2. The molecule has 0 bridgehead atoms. The van der Waals surface area contributed by atoms with Crippen molar-refractivity contribution >= 4 is 17.9 Å². The van der Waals surface area contributed by atoms with Crippen LogP contribution in [0.3, 0.4) is 0 Å². The van der Waals surface area contributed by atoms with Crippen LogP contribution in [0.5, 0.6) is 0 Å². The molecule has 1 N–H and O–H groups in total. The van der Waals surface area contributed by atoms with E-state index in [2.05, 4.69) is 0 Å². The van der Waals surface area contributed by atoms with Gasteiger partial charge in [0.2, 0.25) is 0 Å². The van der Waals surface area contributed by atoms with Gasteiger partial charge in [0.25, 0.3) is 0 Å². The van der Waals surface area contributed by atoms with E-state index >= 15 is 0 Å². The van der Waals surface area contributed by atoms with Gasteiger partial charge in [0, 0.05) is 6.42 Å². The summed E-state index contributed by atoms with van der Waals surface area (Å²) in [4.78, 5) is 32.2. The van der Waals surface area contributed by atoms with Gasteiger partial charge in [-0.1, -0.05) is 0 Å². The highest BCUT2D eigenvalue weighted by Gasteiger charge is 2.24. The fraction of sp³-hybridized carbons (Fsp3) is 0.692. The maximum Gasteiger partial charge on any atom is 0.307 e. The number of likely N-dealkylation sites (N-methyl/N-ethyl adjacent to an activating group) is 1. The van der Waals surface area contributed by atoms with Crippen LogP contribution in [-0.4, -0.2) is 61.3 Å². The highest BCUT2D eigenvalue weighted by Crippen LogP contribution is 2.08. The van der Waals surface area contributed by atoms with Crippen molar-refractivity contribution in [3.8, 4) is 0 Å². The van der Waals surface area contributed by atoms with Crippen molar-refractivity contribution < 1.29 is 28.7 Å². The molecule has 6 heteroatoms. The number of hydrogen-bond acceptors (Lipinski definition) is 4. The van der Waals surface area contributed by atoms with E-state index in [0.29, 0.717) is 23.9 Å². The smallest absolute Gasteiger partial charge is 0.307 e. The molecule has 6 nitrogen and oxygen atoms in total. The van der Waals surface area contributed by atoms with Gasteiger partial charge < -0.3 is 14.3 Å². The van der Waals surface area contributed by atoms with Crippen LogP contribution < -0.4 is 0 Å². The lowest BCUT2D eigenvalue weighted by Gasteiger charge is -2.28. The van der Waals surface area contributed by atoms with Gasteiger partial charge in [-0.25, -0.2) is 4.79 Å². The zero-order chi connectivity index (χ0) is 14.9. The molecule has 0 heterocycles. The average Bonchev–Trinajstić information content (AvgIpc) is 2.20. The van der Waals surface area contributed by atoms with Gasteiger partial charge in [-0.15, -0.1) is 0 Å². The molecule has 1 atom stereocenters. The maximum atomic E-state index is 11.5. The number of carboxylic acid groups (broad SMARTS) is 1. The van der Waals surface area contributed by atoms with Gasteiger partial charge in [0.1, 0.15) is 12.5 Å². The van der Waals surface area contributed by atoms with Crippen molar-refractivity contribution in [1.82, 2.24) is 0 Å². The van der Waals surface area contributed by atoms with Crippen molar-refractivity contribution in [2.45, 2.75) is 31.8 Å². The van der Waals surface area contributed by atoms with Crippen LogP contribution in [0.2, 0.25) is 0 Å². The third kappa shape index (κ3) is 11.2. The van der Waals surface area contributed by atoms with E-state index in [9.17, 15) is 14.4 Å². The minimum Gasteiger partial charge on any atom is -0.481 e. The Morgan fingerprint density at radius 1 is 1.37 bits per heavy atom. The number of allylic oxidation sites excluding steroid dienone is 1. The molecule has 0 spiro atoms. The van der Waals surface area contributed by atoms with Gasteiger partial charge in [-0.3, -0.25) is 9.59 Å². The second-order valence-corrected chi connectivity index (χ2v) is 5.40. The highest BCUT2D eigenvalue weighted by molar-refractivity contribution is 5.71. The molecule has 108 valence electrons. The molecule has 19 heavy (non-hydrogen) atoms. The first-order valence-corrected chi connectivity index (χ1v) is 6.15. The lowest BCUT2D eigenvalue weighted by Crippen LogP contribution is -2.43. The number of ether oxygens (including phenoxy) is 1. The Bertz CT molecular complexity index is 353. The Hall–Kier alpha value is -1.65. The quantitative estimate of drug-likeness (QED) is 0.288. The maximum absolute atomic E-state index is 11.5. The zero-order valence-corrected chi connectivity index (χ0v) is 11.7. The van der Waals surface area contributed by atoms with E-state index < -0.39 is 18.0 Å². The van der Waals surface area contributed by atoms with E-state index in [1.165, 1.54) is 6.08 Å². The normalized spacial score (nSPS) is 12.4. The molecule has 0 amide bonds. The summed E-state index contributed by atoms with van der Waals surface area (Å²) >= 11 is 0. The molecule has 0 fully saturated rings. The molecule has 0 unspecified atom stereocenters. The van der Waals surface area contributed by atoms with E-state index in [0.717, 1.165) is 0 Å². The Kier molecular flexibility index (Phi) is 7.72. The van der Waals surface area contributed by atoms with Crippen molar-refractivity contribution in [3.63, 3.8) is 0 Å². The fourth-order valence-electron chi connectivity index (χ4n) is 1.60. The lowest BCUT2D eigenvalue weighted by atomic mass is 10.2. The van der Waals surface area contributed by atoms with Crippen molar-refractivity contribution in [1.29, 1.82) is 0 Å². The van der Waals surface area contributed by atoms with Gasteiger partial charge in [-0.2, -0.15) is 0 Å². The first kappa shape index (κ1) is 17.4. The molecule has 0 aromatic heterocycles. The largest absolute Gasteiger partial charge is 0.481 e. The minimum absolute atomic E-state index is 0.172. The molecule has 0 saturated carbocycles. The molecule has 0 aliphatic heterocycles. The number of rotatable bonds is 9. The standard InChI is InChI=1S/C13H21NO5/c1-14(2,3)10-11(9-12(16)17)19-13(18)7-5-4-6-8-15/h6,11H,4-5,7,9-10H2,1-3H3/p+1/t11-/m1/s1. The lowest BCUT2D eigenvalue weighted by molar-refractivity contribution is -0.873. The van der Waals surface area contributed by atoms with Crippen LogP contribution in [0.1, 0.15) is 25.7 Å². The molecule has 0 aromatic rings.